The zero-order chi connectivity index (χ0) is 17.7. The lowest BCUT2D eigenvalue weighted by Crippen LogP contribution is -2.59. The average Bonchev–Trinajstić information content (AvgIpc) is 2.56. The predicted molar refractivity (Wildman–Crippen MR) is 69.8 cm³/mol. The van der Waals surface area contributed by atoms with Crippen molar-refractivity contribution in [2.75, 3.05) is 19.8 Å². The molecule has 136 valence electrons. The number of hydrogen-bond donors (Lipinski definition) is 8. The minimum atomic E-state index is -2.03. The van der Waals surface area contributed by atoms with Crippen molar-refractivity contribution in [3.05, 3.63) is 0 Å². The SMILES string of the molecule is O=C(CO)C(O)C(O)C(O)COC1OC(CO)C(O)C(O)C1O. The van der Waals surface area contributed by atoms with Crippen molar-refractivity contribution >= 4 is 5.78 Å². The van der Waals surface area contributed by atoms with Crippen molar-refractivity contribution < 1.29 is 55.1 Å². The second-order valence-electron chi connectivity index (χ2n) is 5.16. The van der Waals surface area contributed by atoms with Gasteiger partial charge in [-0.1, -0.05) is 0 Å². The molecule has 1 rings (SSSR count). The fourth-order valence-electron chi connectivity index (χ4n) is 1.99. The first-order chi connectivity index (χ1) is 10.7. The molecule has 0 aromatic heterocycles. The van der Waals surface area contributed by atoms with Crippen LogP contribution in [0.15, 0.2) is 0 Å². The van der Waals surface area contributed by atoms with Crippen molar-refractivity contribution in [2.24, 2.45) is 0 Å². The van der Waals surface area contributed by atoms with Crippen molar-refractivity contribution in [2.45, 2.75) is 49.0 Å². The van der Waals surface area contributed by atoms with Gasteiger partial charge in [0.1, 0.15) is 49.3 Å². The van der Waals surface area contributed by atoms with Crippen LogP contribution in [0.5, 0.6) is 0 Å². The molecule has 0 radical (unpaired) electrons. The molecule has 23 heavy (non-hydrogen) atoms. The van der Waals surface area contributed by atoms with Crippen LogP contribution in [-0.4, -0.2) is 115 Å². The molecule has 0 saturated carbocycles. The summed E-state index contributed by atoms with van der Waals surface area (Å²) in [6.07, 6.45) is -13.4. The van der Waals surface area contributed by atoms with Crippen LogP contribution in [0.3, 0.4) is 0 Å². The molecular formula is C12H22O11. The summed E-state index contributed by atoms with van der Waals surface area (Å²) in [5.41, 5.74) is 0. The van der Waals surface area contributed by atoms with E-state index < -0.39 is 74.6 Å². The first kappa shape index (κ1) is 20.3. The number of Topliss-reactive ketones (excluding diaryl/α,β-unsaturated/α-hetero) is 1. The lowest BCUT2D eigenvalue weighted by atomic mass is 9.99. The van der Waals surface area contributed by atoms with Crippen LogP contribution in [0.1, 0.15) is 0 Å². The molecule has 11 heteroatoms. The Kier molecular flexibility index (Phi) is 7.89. The first-order valence-electron chi connectivity index (χ1n) is 6.84. The summed E-state index contributed by atoms with van der Waals surface area (Å²) in [5.74, 6) is -1.11. The maximum atomic E-state index is 11.0. The number of carbonyl (C=O) groups is 1. The van der Waals surface area contributed by atoms with Gasteiger partial charge in [-0.15, -0.1) is 0 Å². The molecule has 8 atom stereocenters. The van der Waals surface area contributed by atoms with Crippen LogP contribution in [0.4, 0.5) is 0 Å². The van der Waals surface area contributed by atoms with E-state index in [1.54, 1.807) is 0 Å². The molecule has 0 spiro atoms. The molecule has 0 aliphatic carbocycles. The first-order valence-corrected chi connectivity index (χ1v) is 6.84. The molecule has 8 unspecified atom stereocenters. The second kappa shape index (κ2) is 8.94. The Labute approximate surface area is 130 Å². The number of ether oxygens (including phenoxy) is 2. The van der Waals surface area contributed by atoms with Gasteiger partial charge < -0.3 is 50.3 Å². The Bertz CT molecular complexity index is 376. The molecule has 8 N–H and O–H groups in total. The number of rotatable bonds is 8. The standard InChI is InChI=1S/C12H22O11/c13-1-4(15)7(17)8(18)5(16)3-22-12-11(21)10(20)9(19)6(2-14)23-12/h5-14,16-21H,1-3H2. The fraction of sp³-hybridized carbons (Fsp3) is 0.917. The van der Waals surface area contributed by atoms with Crippen molar-refractivity contribution in [3.63, 3.8) is 0 Å². The van der Waals surface area contributed by atoms with Crippen LogP contribution in [-0.2, 0) is 14.3 Å². The topological polar surface area (TPSA) is 197 Å². The molecule has 0 aromatic carbocycles. The number of aliphatic hydroxyl groups excluding tert-OH is 8. The highest BCUT2D eigenvalue weighted by Gasteiger charge is 2.44. The van der Waals surface area contributed by atoms with Crippen molar-refractivity contribution in [3.8, 4) is 0 Å². The van der Waals surface area contributed by atoms with Crippen LogP contribution in [0.2, 0.25) is 0 Å². The predicted octanol–water partition coefficient (Wildman–Crippen LogP) is -5.55. The van der Waals surface area contributed by atoms with E-state index in [4.69, 9.17) is 19.7 Å². The monoisotopic (exact) mass is 342 g/mol. The van der Waals surface area contributed by atoms with E-state index in [1.165, 1.54) is 0 Å². The zero-order valence-electron chi connectivity index (χ0n) is 12.0. The minimum absolute atomic E-state index is 0.667. The van der Waals surface area contributed by atoms with Crippen LogP contribution in [0.25, 0.3) is 0 Å². The van der Waals surface area contributed by atoms with E-state index in [-0.39, 0.29) is 0 Å². The number of carbonyl (C=O) groups excluding carboxylic acids is 1. The number of aliphatic hydroxyl groups is 8. The molecule has 1 aliphatic rings. The summed E-state index contributed by atoms with van der Waals surface area (Å²) in [4.78, 5) is 11.0. The van der Waals surface area contributed by atoms with Gasteiger partial charge in [-0.25, -0.2) is 0 Å². The van der Waals surface area contributed by atoms with E-state index >= 15 is 0 Å². The summed E-state index contributed by atoms with van der Waals surface area (Å²) in [7, 11) is 0. The van der Waals surface area contributed by atoms with Crippen LogP contribution >= 0.6 is 0 Å². The fourth-order valence-corrected chi connectivity index (χ4v) is 1.99. The highest BCUT2D eigenvalue weighted by molar-refractivity contribution is 5.84. The van der Waals surface area contributed by atoms with Gasteiger partial charge in [-0.05, 0) is 0 Å². The number of hydrogen-bond acceptors (Lipinski definition) is 11. The van der Waals surface area contributed by atoms with Gasteiger partial charge in [0, 0.05) is 0 Å². The van der Waals surface area contributed by atoms with E-state index in [0.29, 0.717) is 0 Å². The van der Waals surface area contributed by atoms with Gasteiger partial charge >= 0.3 is 0 Å². The summed E-state index contributed by atoms with van der Waals surface area (Å²) >= 11 is 0. The average molecular weight is 342 g/mol. The molecule has 1 heterocycles. The van der Waals surface area contributed by atoms with E-state index in [0.717, 1.165) is 0 Å². The van der Waals surface area contributed by atoms with Crippen LogP contribution in [0, 0.1) is 0 Å². The number of ketones is 1. The van der Waals surface area contributed by atoms with Gasteiger partial charge in [0.05, 0.1) is 13.2 Å². The third kappa shape index (κ3) is 4.87. The maximum Gasteiger partial charge on any atom is 0.189 e. The van der Waals surface area contributed by atoms with Gasteiger partial charge in [0.15, 0.2) is 12.1 Å². The molecule has 0 aromatic rings. The Hall–Kier alpha value is -0.730. The third-order valence-electron chi connectivity index (χ3n) is 3.48. The quantitative estimate of drug-likeness (QED) is 0.209. The Balaban J connectivity index is 2.57. The molecule has 1 aliphatic heterocycles. The summed E-state index contributed by atoms with van der Waals surface area (Å²) in [5, 5.41) is 74.8. The smallest absolute Gasteiger partial charge is 0.189 e. The summed E-state index contributed by atoms with van der Waals surface area (Å²) < 4.78 is 9.94. The molecule has 1 fully saturated rings. The van der Waals surface area contributed by atoms with Crippen LogP contribution < -0.4 is 0 Å². The summed E-state index contributed by atoms with van der Waals surface area (Å²) in [6, 6.07) is 0. The maximum absolute atomic E-state index is 11.0. The van der Waals surface area contributed by atoms with Crippen molar-refractivity contribution in [1.82, 2.24) is 0 Å². The van der Waals surface area contributed by atoms with Gasteiger partial charge in [0.2, 0.25) is 0 Å². The highest BCUT2D eigenvalue weighted by Crippen LogP contribution is 2.22. The molecule has 0 bridgehead atoms. The normalized spacial score (nSPS) is 35.6. The van der Waals surface area contributed by atoms with Gasteiger partial charge in [-0.2, -0.15) is 0 Å². The zero-order valence-corrected chi connectivity index (χ0v) is 12.0. The van der Waals surface area contributed by atoms with Gasteiger partial charge in [-0.3, -0.25) is 4.79 Å². The Morgan fingerprint density at radius 2 is 1.65 bits per heavy atom. The molecule has 11 nitrogen and oxygen atoms in total. The van der Waals surface area contributed by atoms with E-state index in [1.807, 2.05) is 0 Å². The summed E-state index contributed by atoms with van der Waals surface area (Å²) in [6.45, 7) is -2.40. The molecule has 0 amide bonds. The third-order valence-corrected chi connectivity index (χ3v) is 3.48. The van der Waals surface area contributed by atoms with E-state index in [2.05, 4.69) is 0 Å². The molecular weight excluding hydrogens is 320 g/mol. The lowest BCUT2D eigenvalue weighted by Gasteiger charge is -2.40. The highest BCUT2D eigenvalue weighted by atomic mass is 16.7. The minimum Gasteiger partial charge on any atom is -0.394 e. The molecule has 1 saturated heterocycles. The second-order valence-corrected chi connectivity index (χ2v) is 5.16. The van der Waals surface area contributed by atoms with E-state index in [9.17, 15) is 35.4 Å². The van der Waals surface area contributed by atoms with Gasteiger partial charge in [0.25, 0.3) is 0 Å². The Morgan fingerprint density at radius 1 is 1.04 bits per heavy atom. The lowest BCUT2D eigenvalue weighted by molar-refractivity contribution is -0.306. The largest absolute Gasteiger partial charge is 0.394 e. The Morgan fingerprint density at radius 3 is 2.17 bits per heavy atom. The van der Waals surface area contributed by atoms with Crippen molar-refractivity contribution in [1.29, 1.82) is 0 Å².